The van der Waals surface area contributed by atoms with Gasteiger partial charge < -0.3 is 20.5 Å². The Morgan fingerprint density at radius 3 is 2.59 bits per heavy atom. The third-order valence-corrected chi connectivity index (χ3v) is 7.76. The number of aromatic nitrogens is 3. The number of halogens is 2. The van der Waals surface area contributed by atoms with E-state index < -0.39 is 38.8 Å². The predicted octanol–water partition coefficient (Wildman–Crippen LogP) is 3.72. The van der Waals surface area contributed by atoms with E-state index in [4.69, 9.17) is 0 Å². The molecule has 0 atom stereocenters. The van der Waals surface area contributed by atoms with Crippen LogP contribution in [0, 0.1) is 11.6 Å². The number of anilines is 3. The minimum absolute atomic E-state index is 0.209. The smallest absolute Gasteiger partial charge is 0.261 e. The number of benzene rings is 1. The van der Waals surface area contributed by atoms with Gasteiger partial charge in [0.1, 0.15) is 22.8 Å². The molecule has 0 unspecified atom stereocenters. The summed E-state index contributed by atoms with van der Waals surface area (Å²) in [7, 11) is -3.84. The lowest BCUT2D eigenvalue weighted by molar-refractivity contribution is 0.101. The van der Waals surface area contributed by atoms with Gasteiger partial charge in [-0.3, -0.25) is 9.52 Å². The first kappa shape index (κ1) is 26.5. The van der Waals surface area contributed by atoms with Crippen LogP contribution in [0.4, 0.5) is 26.0 Å². The Morgan fingerprint density at radius 2 is 1.87 bits per heavy atom. The van der Waals surface area contributed by atoms with E-state index in [0.717, 1.165) is 55.4 Å². The molecule has 4 N–H and O–H groups in total. The predicted molar refractivity (Wildman–Crippen MR) is 146 cm³/mol. The van der Waals surface area contributed by atoms with Crippen molar-refractivity contribution in [3.63, 3.8) is 0 Å². The maximum Gasteiger partial charge on any atom is 0.261 e. The van der Waals surface area contributed by atoms with Gasteiger partial charge in [-0.1, -0.05) is 6.92 Å². The van der Waals surface area contributed by atoms with E-state index in [9.17, 15) is 22.0 Å². The fourth-order valence-corrected chi connectivity index (χ4v) is 5.52. The van der Waals surface area contributed by atoms with Crippen LogP contribution in [0.25, 0.3) is 22.3 Å². The summed E-state index contributed by atoms with van der Waals surface area (Å²) in [5, 5.41) is 6.42. The molecule has 1 aliphatic heterocycles. The zero-order valence-corrected chi connectivity index (χ0v) is 21.9. The number of fused-ring (bicyclic) bond motifs is 1. The van der Waals surface area contributed by atoms with Crippen molar-refractivity contribution in [2.75, 3.05) is 46.9 Å². The minimum atomic E-state index is -3.84. The highest BCUT2D eigenvalue weighted by molar-refractivity contribution is 7.92. The van der Waals surface area contributed by atoms with Gasteiger partial charge in [-0.2, -0.15) is 0 Å². The molecule has 4 heterocycles. The lowest BCUT2D eigenvalue weighted by Gasteiger charge is -2.28. The van der Waals surface area contributed by atoms with E-state index in [0.29, 0.717) is 17.5 Å². The highest BCUT2D eigenvalue weighted by Gasteiger charge is 2.23. The van der Waals surface area contributed by atoms with Crippen LogP contribution >= 0.6 is 0 Å². The zero-order chi connectivity index (χ0) is 27.6. The largest absolute Gasteiger partial charge is 0.354 e. The highest BCUT2D eigenvalue weighted by atomic mass is 32.2. The Labute approximate surface area is 223 Å². The van der Waals surface area contributed by atoms with Crippen molar-refractivity contribution in [2.45, 2.75) is 13.3 Å². The van der Waals surface area contributed by atoms with Crippen molar-refractivity contribution in [1.82, 2.24) is 20.3 Å². The molecule has 13 heteroatoms. The van der Waals surface area contributed by atoms with Gasteiger partial charge in [0.25, 0.3) is 5.91 Å². The minimum Gasteiger partial charge on any atom is -0.354 e. The molecule has 0 spiro atoms. The summed E-state index contributed by atoms with van der Waals surface area (Å²) in [6.45, 7) is 5.27. The van der Waals surface area contributed by atoms with E-state index >= 15 is 0 Å². The number of sulfonamides is 1. The number of hydrogen-bond acceptors (Lipinski definition) is 7. The Bertz CT molecular complexity index is 1620. The fourth-order valence-electron chi connectivity index (χ4n) is 4.39. The first-order chi connectivity index (χ1) is 18.7. The summed E-state index contributed by atoms with van der Waals surface area (Å²) in [5.41, 5.74) is 0.973. The first-order valence-electron chi connectivity index (χ1n) is 12.4. The molecule has 1 saturated heterocycles. The molecule has 1 aromatic carbocycles. The zero-order valence-electron chi connectivity index (χ0n) is 21.1. The SMILES string of the molecule is CCCS(=O)(=O)Nc1ccc(F)c(C(=O)Nc2cnc3[nH]c(-c4ccc(N5CCNCC5)nc4)cc3c2)c1F. The third kappa shape index (κ3) is 5.83. The Kier molecular flexibility index (Phi) is 7.44. The number of pyridine rings is 2. The molecule has 39 heavy (non-hydrogen) atoms. The standard InChI is InChI=1S/C26H27F2N7O3S/c1-2-11-39(37,38)34-20-5-4-19(27)23(24(20)28)26(36)32-18-12-17-13-21(33-25(17)31-15-18)16-3-6-22(30-14-16)35-9-7-29-8-10-35/h3-6,12-15,29,34H,2,7-11H2,1H3,(H,31,33)(H,32,36). The number of nitrogens with zero attached hydrogens (tertiary/aromatic N) is 3. The average molecular weight is 556 g/mol. The van der Waals surface area contributed by atoms with E-state index in [1.54, 1.807) is 19.2 Å². The fraction of sp³-hybridized carbons (Fsp3) is 0.269. The van der Waals surface area contributed by atoms with Gasteiger partial charge in [0.05, 0.1) is 23.3 Å². The van der Waals surface area contributed by atoms with E-state index in [1.807, 2.05) is 18.2 Å². The normalized spacial score (nSPS) is 14.0. The molecule has 1 fully saturated rings. The topological polar surface area (TPSA) is 132 Å². The summed E-state index contributed by atoms with van der Waals surface area (Å²) in [4.78, 5) is 27.1. The van der Waals surface area contributed by atoms with Crippen LogP contribution in [0.15, 0.2) is 48.8 Å². The van der Waals surface area contributed by atoms with Gasteiger partial charge in [-0.15, -0.1) is 0 Å². The molecule has 10 nitrogen and oxygen atoms in total. The van der Waals surface area contributed by atoms with Crippen LogP contribution < -0.4 is 20.3 Å². The molecule has 0 aliphatic carbocycles. The van der Waals surface area contributed by atoms with E-state index in [1.165, 1.54) is 6.20 Å². The van der Waals surface area contributed by atoms with Crippen LogP contribution in [0.5, 0.6) is 0 Å². The first-order valence-corrected chi connectivity index (χ1v) is 14.1. The number of piperazine rings is 1. The number of hydrogen-bond donors (Lipinski definition) is 4. The number of H-pyrrole nitrogens is 1. The van der Waals surface area contributed by atoms with Gasteiger partial charge in [0.2, 0.25) is 10.0 Å². The molecule has 4 aromatic rings. The summed E-state index contributed by atoms with van der Waals surface area (Å²) in [6, 6.07) is 9.16. The van der Waals surface area contributed by atoms with Crippen molar-refractivity contribution >= 4 is 44.2 Å². The molecule has 0 saturated carbocycles. The number of aromatic amines is 1. The molecule has 1 amide bonds. The molecule has 204 valence electrons. The van der Waals surface area contributed by atoms with Crippen molar-refractivity contribution < 1.29 is 22.0 Å². The summed E-state index contributed by atoms with van der Waals surface area (Å²) < 4.78 is 55.6. The monoisotopic (exact) mass is 555 g/mol. The second-order valence-corrected chi connectivity index (χ2v) is 11.0. The second kappa shape index (κ2) is 10.9. The second-order valence-electron chi connectivity index (χ2n) is 9.15. The van der Waals surface area contributed by atoms with E-state index in [2.05, 4.69) is 35.2 Å². The number of carbonyl (C=O) groups excluding carboxylic acids is 1. The molecule has 0 radical (unpaired) electrons. The lowest BCUT2D eigenvalue weighted by Crippen LogP contribution is -2.43. The van der Waals surface area contributed by atoms with Crippen LogP contribution in [-0.4, -0.2) is 61.2 Å². The molecule has 0 bridgehead atoms. The summed E-state index contributed by atoms with van der Waals surface area (Å²) in [5.74, 6) is -2.85. The molecular formula is C26H27F2N7O3S. The molecular weight excluding hydrogens is 528 g/mol. The average Bonchev–Trinajstić information content (AvgIpc) is 3.34. The van der Waals surface area contributed by atoms with Crippen molar-refractivity contribution in [1.29, 1.82) is 0 Å². The maximum absolute atomic E-state index is 15.0. The quantitative estimate of drug-likeness (QED) is 0.261. The van der Waals surface area contributed by atoms with Crippen LogP contribution in [-0.2, 0) is 10.0 Å². The van der Waals surface area contributed by atoms with Gasteiger partial charge >= 0.3 is 0 Å². The number of carbonyl (C=O) groups is 1. The summed E-state index contributed by atoms with van der Waals surface area (Å²) >= 11 is 0. The van der Waals surface area contributed by atoms with Crippen LogP contribution in [0.1, 0.15) is 23.7 Å². The Balaban J connectivity index is 1.35. The molecule has 5 rings (SSSR count). The van der Waals surface area contributed by atoms with Gasteiger partial charge in [-0.25, -0.2) is 27.2 Å². The Hall–Kier alpha value is -4.10. The summed E-state index contributed by atoms with van der Waals surface area (Å²) in [6.07, 6.45) is 3.44. The van der Waals surface area contributed by atoms with E-state index in [-0.39, 0.29) is 11.4 Å². The lowest BCUT2D eigenvalue weighted by atomic mass is 10.1. The number of rotatable bonds is 8. The van der Waals surface area contributed by atoms with Gasteiger partial charge in [0.15, 0.2) is 5.82 Å². The van der Waals surface area contributed by atoms with Crippen molar-refractivity contribution in [2.24, 2.45) is 0 Å². The third-order valence-electron chi connectivity index (χ3n) is 6.28. The number of amides is 1. The van der Waals surface area contributed by atoms with Gasteiger partial charge in [-0.05, 0) is 42.8 Å². The number of nitrogens with one attached hydrogen (secondary N) is 4. The van der Waals surface area contributed by atoms with Crippen molar-refractivity contribution in [3.8, 4) is 11.3 Å². The highest BCUT2D eigenvalue weighted by Crippen LogP contribution is 2.27. The van der Waals surface area contributed by atoms with Crippen LogP contribution in [0.3, 0.4) is 0 Å². The van der Waals surface area contributed by atoms with Crippen molar-refractivity contribution in [3.05, 3.63) is 66.0 Å². The Morgan fingerprint density at radius 1 is 1.08 bits per heavy atom. The van der Waals surface area contributed by atoms with Gasteiger partial charge in [0, 0.05) is 49.0 Å². The molecule has 3 aromatic heterocycles. The molecule has 1 aliphatic rings. The van der Waals surface area contributed by atoms with Crippen LogP contribution in [0.2, 0.25) is 0 Å². The maximum atomic E-state index is 15.0.